The average molecular weight is 300 g/mol. The van der Waals surface area contributed by atoms with E-state index in [9.17, 15) is 0 Å². The summed E-state index contributed by atoms with van der Waals surface area (Å²) in [4.78, 5) is 1.29. The standard InChI is InChI=1S/C11H14BrN3S/c1-7-3-11(15(2)14-7)10(13)5-9-4-8(12)6-16-9/h3-4,6,10H,5,13H2,1-2H3. The van der Waals surface area contributed by atoms with E-state index in [-0.39, 0.29) is 6.04 Å². The predicted octanol–water partition coefficient (Wildman–Crippen LogP) is 2.80. The van der Waals surface area contributed by atoms with Crippen LogP contribution < -0.4 is 5.73 Å². The van der Waals surface area contributed by atoms with E-state index in [0.29, 0.717) is 0 Å². The number of nitrogens with zero attached hydrogens (tertiary/aromatic N) is 2. The van der Waals surface area contributed by atoms with Crippen LogP contribution in [-0.2, 0) is 13.5 Å². The maximum absolute atomic E-state index is 6.18. The second-order valence-electron chi connectivity index (χ2n) is 3.88. The molecule has 1 unspecified atom stereocenters. The van der Waals surface area contributed by atoms with Crippen molar-refractivity contribution in [1.82, 2.24) is 9.78 Å². The first-order valence-electron chi connectivity index (χ1n) is 5.05. The van der Waals surface area contributed by atoms with E-state index < -0.39 is 0 Å². The molecule has 86 valence electrons. The number of thiophene rings is 1. The molecule has 0 aliphatic rings. The van der Waals surface area contributed by atoms with Crippen LogP contribution in [0.25, 0.3) is 0 Å². The maximum atomic E-state index is 6.18. The summed E-state index contributed by atoms with van der Waals surface area (Å²) in [5.74, 6) is 0. The summed E-state index contributed by atoms with van der Waals surface area (Å²) < 4.78 is 2.99. The molecule has 0 aliphatic heterocycles. The highest BCUT2D eigenvalue weighted by Crippen LogP contribution is 2.24. The minimum Gasteiger partial charge on any atom is -0.322 e. The lowest BCUT2D eigenvalue weighted by atomic mass is 10.1. The molecule has 2 aromatic rings. The van der Waals surface area contributed by atoms with Crippen LogP contribution in [0.2, 0.25) is 0 Å². The van der Waals surface area contributed by atoms with Crippen molar-refractivity contribution < 1.29 is 0 Å². The Labute approximate surface area is 107 Å². The van der Waals surface area contributed by atoms with Crippen LogP contribution in [0.15, 0.2) is 22.0 Å². The summed E-state index contributed by atoms with van der Waals surface area (Å²) in [6.07, 6.45) is 0.856. The summed E-state index contributed by atoms with van der Waals surface area (Å²) in [6.45, 7) is 1.98. The first kappa shape index (κ1) is 11.8. The monoisotopic (exact) mass is 299 g/mol. The average Bonchev–Trinajstić information content (AvgIpc) is 2.73. The fraction of sp³-hybridized carbons (Fsp3) is 0.364. The van der Waals surface area contributed by atoms with Gasteiger partial charge in [0.15, 0.2) is 0 Å². The highest BCUT2D eigenvalue weighted by Gasteiger charge is 2.13. The van der Waals surface area contributed by atoms with Gasteiger partial charge < -0.3 is 5.73 Å². The predicted molar refractivity (Wildman–Crippen MR) is 70.6 cm³/mol. The van der Waals surface area contributed by atoms with Gasteiger partial charge in [0.1, 0.15) is 0 Å². The van der Waals surface area contributed by atoms with E-state index in [1.807, 2.05) is 24.7 Å². The van der Waals surface area contributed by atoms with Crippen molar-refractivity contribution in [3.8, 4) is 0 Å². The van der Waals surface area contributed by atoms with Crippen molar-refractivity contribution in [1.29, 1.82) is 0 Å². The molecule has 0 saturated carbocycles. The Morgan fingerprint density at radius 3 is 2.81 bits per heavy atom. The maximum Gasteiger partial charge on any atom is 0.0597 e. The van der Waals surface area contributed by atoms with Gasteiger partial charge in [0.25, 0.3) is 0 Å². The Kier molecular flexibility index (Phi) is 3.47. The molecule has 0 radical (unpaired) electrons. The molecule has 0 amide bonds. The summed E-state index contributed by atoms with van der Waals surface area (Å²) in [7, 11) is 1.94. The van der Waals surface area contributed by atoms with Gasteiger partial charge in [-0.05, 0) is 35.0 Å². The Morgan fingerprint density at radius 1 is 1.56 bits per heavy atom. The van der Waals surface area contributed by atoms with Crippen molar-refractivity contribution in [2.75, 3.05) is 0 Å². The molecule has 2 heterocycles. The van der Waals surface area contributed by atoms with Crippen LogP contribution in [-0.4, -0.2) is 9.78 Å². The van der Waals surface area contributed by atoms with E-state index in [1.165, 1.54) is 4.88 Å². The number of hydrogen-bond acceptors (Lipinski definition) is 3. The summed E-state index contributed by atoms with van der Waals surface area (Å²) in [5.41, 5.74) is 8.28. The van der Waals surface area contributed by atoms with Gasteiger partial charge in [-0.15, -0.1) is 11.3 Å². The van der Waals surface area contributed by atoms with Crippen LogP contribution in [0.3, 0.4) is 0 Å². The zero-order valence-electron chi connectivity index (χ0n) is 9.27. The van der Waals surface area contributed by atoms with Crippen LogP contribution in [0.5, 0.6) is 0 Å². The van der Waals surface area contributed by atoms with Crippen LogP contribution in [0.1, 0.15) is 22.3 Å². The van der Waals surface area contributed by atoms with Crippen molar-refractivity contribution in [2.45, 2.75) is 19.4 Å². The van der Waals surface area contributed by atoms with Gasteiger partial charge in [0, 0.05) is 28.2 Å². The third kappa shape index (κ3) is 2.53. The number of hydrogen-bond donors (Lipinski definition) is 1. The SMILES string of the molecule is Cc1cc(C(N)Cc2cc(Br)cs2)n(C)n1. The van der Waals surface area contributed by atoms with Crippen LogP contribution >= 0.6 is 27.3 Å². The smallest absolute Gasteiger partial charge is 0.0597 e. The van der Waals surface area contributed by atoms with Gasteiger partial charge in [-0.3, -0.25) is 4.68 Å². The molecule has 5 heteroatoms. The fourth-order valence-corrected chi connectivity index (χ4v) is 3.27. The van der Waals surface area contributed by atoms with Crippen LogP contribution in [0, 0.1) is 6.92 Å². The Bertz CT molecular complexity index is 489. The molecule has 3 nitrogen and oxygen atoms in total. The molecular weight excluding hydrogens is 286 g/mol. The molecule has 0 fully saturated rings. The molecule has 2 aromatic heterocycles. The van der Waals surface area contributed by atoms with Gasteiger partial charge >= 0.3 is 0 Å². The molecule has 2 rings (SSSR count). The summed E-state index contributed by atoms with van der Waals surface area (Å²) in [5, 5.41) is 6.39. The van der Waals surface area contributed by atoms with Gasteiger partial charge in [-0.2, -0.15) is 5.10 Å². The highest BCUT2D eigenvalue weighted by atomic mass is 79.9. The van der Waals surface area contributed by atoms with Gasteiger partial charge in [0.05, 0.1) is 17.4 Å². The lowest BCUT2D eigenvalue weighted by Crippen LogP contribution is -2.16. The molecule has 2 N–H and O–H groups in total. The lowest BCUT2D eigenvalue weighted by Gasteiger charge is -2.10. The van der Waals surface area contributed by atoms with Crippen molar-refractivity contribution in [2.24, 2.45) is 12.8 Å². The van der Waals surface area contributed by atoms with Crippen molar-refractivity contribution in [3.05, 3.63) is 38.3 Å². The molecular formula is C11H14BrN3S. The van der Waals surface area contributed by atoms with Gasteiger partial charge in [-0.1, -0.05) is 0 Å². The fourth-order valence-electron chi connectivity index (χ4n) is 1.76. The van der Waals surface area contributed by atoms with E-state index in [2.05, 4.69) is 32.5 Å². The molecule has 1 atom stereocenters. The van der Waals surface area contributed by atoms with Crippen molar-refractivity contribution in [3.63, 3.8) is 0 Å². The third-order valence-corrected chi connectivity index (χ3v) is 4.18. The number of rotatable bonds is 3. The normalized spacial score (nSPS) is 13.0. The summed E-state index contributed by atoms with van der Waals surface area (Å²) >= 11 is 5.18. The van der Waals surface area contributed by atoms with E-state index in [0.717, 1.165) is 22.3 Å². The van der Waals surface area contributed by atoms with E-state index in [4.69, 9.17) is 5.73 Å². The molecule has 16 heavy (non-hydrogen) atoms. The molecule has 0 aliphatic carbocycles. The minimum absolute atomic E-state index is 0.0109. The largest absolute Gasteiger partial charge is 0.322 e. The highest BCUT2D eigenvalue weighted by molar-refractivity contribution is 9.10. The van der Waals surface area contributed by atoms with Gasteiger partial charge in [0.2, 0.25) is 0 Å². The Morgan fingerprint density at radius 2 is 2.31 bits per heavy atom. The van der Waals surface area contributed by atoms with E-state index >= 15 is 0 Å². The van der Waals surface area contributed by atoms with Crippen LogP contribution in [0.4, 0.5) is 0 Å². The van der Waals surface area contributed by atoms with E-state index in [1.54, 1.807) is 11.3 Å². The number of halogens is 1. The lowest BCUT2D eigenvalue weighted by molar-refractivity contribution is 0.618. The molecule has 0 aromatic carbocycles. The van der Waals surface area contributed by atoms with Crippen molar-refractivity contribution >= 4 is 27.3 Å². The quantitative estimate of drug-likeness (QED) is 0.947. The zero-order valence-corrected chi connectivity index (χ0v) is 11.7. The second kappa shape index (κ2) is 4.69. The number of aromatic nitrogens is 2. The zero-order chi connectivity index (χ0) is 11.7. The Hall–Kier alpha value is -0.650. The topological polar surface area (TPSA) is 43.8 Å². The number of aryl methyl sites for hydroxylation is 2. The molecule has 0 saturated heterocycles. The first-order valence-corrected chi connectivity index (χ1v) is 6.72. The first-order chi connectivity index (χ1) is 7.56. The Balaban J connectivity index is 2.14. The molecule has 0 spiro atoms. The third-order valence-electron chi connectivity index (χ3n) is 2.46. The second-order valence-corrected chi connectivity index (χ2v) is 5.79. The minimum atomic E-state index is 0.0109. The summed E-state index contributed by atoms with van der Waals surface area (Å²) in [6, 6.07) is 4.18. The van der Waals surface area contributed by atoms with Gasteiger partial charge in [-0.25, -0.2) is 0 Å². The molecule has 0 bridgehead atoms. The number of nitrogens with two attached hydrogens (primary N) is 1.